The summed E-state index contributed by atoms with van der Waals surface area (Å²) in [5.41, 5.74) is 2.70. The molecule has 1 aliphatic carbocycles. The Kier molecular flexibility index (Phi) is 6.17. The van der Waals surface area contributed by atoms with Crippen LogP contribution in [0.5, 0.6) is 11.8 Å². The molecule has 2 fully saturated rings. The summed E-state index contributed by atoms with van der Waals surface area (Å²) in [5.74, 6) is 2.03. The smallest absolute Gasteiger partial charge is 0.326 e. The van der Waals surface area contributed by atoms with Crippen LogP contribution in [0.15, 0.2) is 30.3 Å². The minimum Gasteiger partial charge on any atom is -0.421 e. The minimum atomic E-state index is -0.454. The van der Waals surface area contributed by atoms with Gasteiger partial charge in [-0.2, -0.15) is 15.1 Å². The highest BCUT2D eigenvalue weighted by molar-refractivity contribution is 5.82. The number of hydrogen-bond acceptors (Lipinski definition) is 8. The fraction of sp³-hybridized carbons (Fsp3) is 0.423. The van der Waals surface area contributed by atoms with Gasteiger partial charge >= 0.3 is 6.01 Å². The van der Waals surface area contributed by atoms with Gasteiger partial charge in [-0.25, -0.2) is 4.39 Å². The van der Waals surface area contributed by atoms with Crippen molar-refractivity contribution in [1.82, 2.24) is 30.0 Å². The van der Waals surface area contributed by atoms with Gasteiger partial charge in [0.15, 0.2) is 17.4 Å². The van der Waals surface area contributed by atoms with Gasteiger partial charge in [0.1, 0.15) is 11.6 Å². The van der Waals surface area contributed by atoms with Gasteiger partial charge in [0.05, 0.1) is 12.7 Å². The van der Waals surface area contributed by atoms with Crippen molar-refractivity contribution in [2.45, 2.75) is 31.8 Å². The minimum absolute atomic E-state index is 0.0450. The van der Waals surface area contributed by atoms with Crippen LogP contribution in [0.25, 0.3) is 10.9 Å². The van der Waals surface area contributed by atoms with Crippen LogP contribution in [-0.2, 0) is 4.74 Å². The Hall–Kier alpha value is -3.70. The van der Waals surface area contributed by atoms with Crippen molar-refractivity contribution in [1.29, 1.82) is 0 Å². The van der Waals surface area contributed by atoms with Crippen molar-refractivity contribution in [2.75, 3.05) is 50.6 Å². The lowest BCUT2D eigenvalue weighted by Crippen LogP contribution is -2.46. The molecule has 37 heavy (non-hydrogen) atoms. The van der Waals surface area contributed by atoms with E-state index in [1.807, 2.05) is 33.2 Å². The second-order valence-electron chi connectivity index (χ2n) is 10.1. The number of nitrogens with one attached hydrogen (secondary N) is 3. The summed E-state index contributed by atoms with van der Waals surface area (Å²) in [7, 11) is 4.05. The number of nitrogens with zero attached hydrogens (tertiary/aromatic N) is 5. The Bertz CT molecular complexity index is 1410. The number of anilines is 3. The lowest BCUT2D eigenvalue weighted by Gasteiger charge is -2.35. The van der Waals surface area contributed by atoms with Gasteiger partial charge in [-0.3, -0.25) is 5.10 Å². The lowest BCUT2D eigenvalue weighted by molar-refractivity contribution is 0.0245. The molecule has 1 unspecified atom stereocenters. The molecule has 194 valence electrons. The number of hydrogen-bond donors (Lipinski definition) is 3. The van der Waals surface area contributed by atoms with E-state index in [4.69, 9.17) is 9.47 Å². The van der Waals surface area contributed by atoms with Gasteiger partial charge in [0.2, 0.25) is 0 Å². The van der Waals surface area contributed by atoms with E-state index in [1.165, 1.54) is 12.8 Å². The zero-order valence-electron chi connectivity index (χ0n) is 21.2. The zero-order valence-corrected chi connectivity index (χ0v) is 21.2. The van der Waals surface area contributed by atoms with Crippen LogP contribution in [0, 0.1) is 12.7 Å². The first kappa shape index (κ1) is 23.7. The Morgan fingerprint density at radius 1 is 1.19 bits per heavy atom. The van der Waals surface area contributed by atoms with Crippen molar-refractivity contribution in [2.24, 2.45) is 0 Å². The standard InChI is InChI=1S/C26H31FN8O2/c1-15-10-18-19(28-15)6-7-21(25(18)27)37-26-30-22(29-23-11-20(32-33-23)16-4-5-16)12-24(31-26)35-8-9-36-17(14-35)13-34(2)3/h6-7,10-12,16-17,28H,4-5,8-9,13-14H2,1-3H3,(H2,29,30,31,32,33). The zero-order chi connectivity index (χ0) is 25.5. The molecule has 0 radical (unpaired) electrons. The third-order valence-electron chi connectivity index (χ3n) is 6.63. The van der Waals surface area contributed by atoms with Crippen molar-refractivity contribution < 1.29 is 13.9 Å². The molecule has 1 aromatic carbocycles. The Labute approximate surface area is 214 Å². The van der Waals surface area contributed by atoms with Crippen LogP contribution in [-0.4, -0.2) is 76.5 Å². The highest BCUT2D eigenvalue weighted by Gasteiger charge is 2.26. The first-order chi connectivity index (χ1) is 17.9. The number of aromatic amines is 2. The van der Waals surface area contributed by atoms with Crippen molar-refractivity contribution >= 4 is 28.4 Å². The summed E-state index contributed by atoms with van der Waals surface area (Å²) in [4.78, 5) is 16.6. The van der Waals surface area contributed by atoms with Crippen LogP contribution in [0.4, 0.5) is 21.8 Å². The van der Waals surface area contributed by atoms with E-state index in [0.717, 1.165) is 17.9 Å². The number of benzene rings is 1. The molecule has 4 aromatic rings. The molecular weight excluding hydrogens is 475 g/mol. The van der Waals surface area contributed by atoms with Gasteiger partial charge in [0.25, 0.3) is 0 Å². The second-order valence-corrected chi connectivity index (χ2v) is 10.1. The number of rotatable bonds is 8. The molecule has 4 heterocycles. The van der Waals surface area contributed by atoms with Gasteiger partial charge < -0.3 is 29.6 Å². The van der Waals surface area contributed by atoms with Crippen LogP contribution in [0.3, 0.4) is 0 Å². The number of fused-ring (bicyclic) bond motifs is 1. The molecule has 0 bridgehead atoms. The van der Waals surface area contributed by atoms with E-state index in [0.29, 0.717) is 54.0 Å². The first-order valence-corrected chi connectivity index (χ1v) is 12.6. The van der Waals surface area contributed by atoms with Gasteiger partial charge in [0, 0.05) is 60.0 Å². The number of morpholine rings is 1. The monoisotopic (exact) mass is 506 g/mol. The molecule has 3 aromatic heterocycles. The highest BCUT2D eigenvalue weighted by Crippen LogP contribution is 2.40. The molecule has 0 amide bonds. The van der Waals surface area contributed by atoms with Crippen molar-refractivity contribution in [3.63, 3.8) is 0 Å². The third-order valence-corrected chi connectivity index (χ3v) is 6.63. The maximum Gasteiger partial charge on any atom is 0.326 e. The van der Waals surface area contributed by atoms with Crippen molar-refractivity contribution in [3.05, 3.63) is 47.5 Å². The molecule has 6 rings (SSSR count). The summed E-state index contributed by atoms with van der Waals surface area (Å²) in [6.07, 6.45) is 2.40. The fourth-order valence-corrected chi connectivity index (χ4v) is 4.73. The predicted molar refractivity (Wildman–Crippen MR) is 139 cm³/mol. The molecule has 1 saturated heterocycles. The van der Waals surface area contributed by atoms with E-state index < -0.39 is 5.82 Å². The molecule has 3 N–H and O–H groups in total. The molecule has 2 aliphatic rings. The summed E-state index contributed by atoms with van der Waals surface area (Å²) >= 11 is 0. The summed E-state index contributed by atoms with van der Waals surface area (Å²) in [6.45, 7) is 4.63. The normalized spacial score (nSPS) is 18.1. The number of aromatic nitrogens is 5. The number of halogens is 1. The highest BCUT2D eigenvalue weighted by atomic mass is 19.1. The van der Waals surface area contributed by atoms with E-state index in [1.54, 1.807) is 18.2 Å². The molecule has 10 nitrogen and oxygen atoms in total. The van der Waals surface area contributed by atoms with Crippen LogP contribution < -0.4 is 15.0 Å². The Morgan fingerprint density at radius 2 is 2.05 bits per heavy atom. The fourth-order valence-electron chi connectivity index (χ4n) is 4.73. The largest absolute Gasteiger partial charge is 0.421 e. The molecular formula is C26H31FN8O2. The number of ether oxygens (including phenoxy) is 2. The average Bonchev–Trinajstić information content (AvgIpc) is 3.49. The number of aryl methyl sites for hydroxylation is 1. The molecule has 1 atom stereocenters. The lowest BCUT2D eigenvalue weighted by atomic mass is 10.2. The summed E-state index contributed by atoms with van der Waals surface area (Å²) in [6, 6.07) is 9.07. The maximum absolute atomic E-state index is 15.3. The van der Waals surface area contributed by atoms with Crippen LogP contribution >= 0.6 is 0 Å². The van der Waals surface area contributed by atoms with E-state index in [-0.39, 0.29) is 17.9 Å². The van der Waals surface area contributed by atoms with Gasteiger partial charge in [-0.15, -0.1) is 0 Å². The number of likely N-dealkylation sites (N-methyl/N-ethyl adjacent to an activating group) is 1. The third kappa shape index (κ3) is 5.23. The molecule has 1 aliphatic heterocycles. The van der Waals surface area contributed by atoms with E-state index >= 15 is 4.39 Å². The summed E-state index contributed by atoms with van der Waals surface area (Å²) < 4.78 is 27.1. The first-order valence-electron chi connectivity index (χ1n) is 12.6. The topological polar surface area (TPSA) is 107 Å². The van der Waals surface area contributed by atoms with Crippen LogP contribution in [0.2, 0.25) is 0 Å². The molecule has 11 heteroatoms. The van der Waals surface area contributed by atoms with E-state index in [2.05, 4.69) is 40.3 Å². The number of H-pyrrole nitrogens is 2. The molecule has 0 spiro atoms. The summed E-state index contributed by atoms with van der Waals surface area (Å²) in [5, 5.41) is 11.2. The van der Waals surface area contributed by atoms with Gasteiger partial charge in [-0.1, -0.05) is 0 Å². The maximum atomic E-state index is 15.3. The Morgan fingerprint density at radius 3 is 2.86 bits per heavy atom. The van der Waals surface area contributed by atoms with Crippen molar-refractivity contribution in [3.8, 4) is 11.8 Å². The average molecular weight is 507 g/mol. The van der Waals surface area contributed by atoms with Gasteiger partial charge in [-0.05, 0) is 52.1 Å². The SMILES string of the molecule is Cc1cc2c(F)c(Oc3nc(Nc4cc(C5CC5)[nH]n4)cc(N4CCOC(CN(C)C)C4)n3)ccc2[nH]1. The predicted octanol–water partition coefficient (Wildman–Crippen LogP) is 4.31. The Balaban J connectivity index is 1.31. The second kappa shape index (κ2) is 9.64. The quantitative estimate of drug-likeness (QED) is 0.325. The van der Waals surface area contributed by atoms with E-state index in [9.17, 15) is 0 Å². The molecule has 1 saturated carbocycles. The van der Waals surface area contributed by atoms with Crippen LogP contribution in [0.1, 0.15) is 30.1 Å².